The van der Waals surface area contributed by atoms with Gasteiger partial charge < -0.3 is 18.6 Å². The summed E-state index contributed by atoms with van der Waals surface area (Å²) in [6, 6.07) is 28.4. The molecule has 0 spiro atoms. The first-order chi connectivity index (χ1) is 20.9. The molecule has 0 saturated heterocycles. The van der Waals surface area contributed by atoms with Crippen molar-refractivity contribution in [2.45, 2.75) is 17.7 Å². The Morgan fingerprint density at radius 1 is 0.822 bits per heavy atom. The van der Waals surface area contributed by atoms with Crippen LogP contribution in [0, 0.1) is 0 Å². The Bertz CT molecular complexity index is 1610. The van der Waals surface area contributed by atoms with Crippen molar-refractivity contribution >= 4 is 40.2 Å². The maximum absolute atomic E-state index is 5.79. The Hall–Kier alpha value is -2.42. The van der Waals surface area contributed by atoms with E-state index < -0.39 is 0 Å². The van der Waals surface area contributed by atoms with Crippen LogP contribution >= 0.6 is 11.8 Å². The maximum atomic E-state index is 5.79. The fourth-order valence-corrected chi connectivity index (χ4v) is 6.97. The molecule has 0 N–H and O–H groups in total. The molecule has 235 valence electrons. The van der Waals surface area contributed by atoms with E-state index in [4.69, 9.17) is 4.74 Å². The van der Waals surface area contributed by atoms with Crippen molar-refractivity contribution in [3.05, 3.63) is 89.5 Å². The fourth-order valence-electron chi connectivity index (χ4n) is 5.87. The number of ether oxygens (including phenoxy) is 1. The summed E-state index contributed by atoms with van der Waals surface area (Å²) in [6.07, 6.45) is 4.60. The zero-order valence-electron chi connectivity index (χ0n) is 28.5. The van der Waals surface area contributed by atoms with Gasteiger partial charge in [-0.25, -0.2) is 0 Å². The summed E-state index contributed by atoms with van der Waals surface area (Å²) in [4.78, 5) is 6.23. The van der Waals surface area contributed by atoms with Gasteiger partial charge in [0, 0.05) is 75.0 Å². The van der Waals surface area contributed by atoms with Crippen LogP contribution in [0.4, 0.5) is 11.5 Å². The topological polar surface area (TPSA) is 19.6 Å². The summed E-state index contributed by atoms with van der Waals surface area (Å²) in [6.45, 7) is 4.22. The van der Waals surface area contributed by atoms with E-state index in [9.17, 15) is 0 Å². The van der Waals surface area contributed by atoms with E-state index in [-0.39, 0.29) is 32.7 Å². The minimum atomic E-state index is 0. The largest absolute Gasteiger partial charge is 0.497 e. The van der Waals surface area contributed by atoms with Crippen molar-refractivity contribution in [3.8, 4) is 11.4 Å². The van der Waals surface area contributed by atoms with Crippen LogP contribution in [-0.4, -0.2) is 91.6 Å². The molecular weight excluding hydrogens is 651 g/mol. The van der Waals surface area contributed by atoms with Gasteiger partial charge in [-0.3, -0.25) is 4.90 Å². The molecule has 1 radical (unpaired) electrons. The number of hydrogen-bond acceptors (Lipinski definition) is 4. The minimum absolute atomic E-state index is 0. The molecule has 1 aliphatic rings. The minimum Gasteiger partial charge on any atom is -0.497 e. The fraction of sp³-hybridized carbons (Fsp3) is 0.378. The predicted molar refractivity (Wildman–Crippen MR) is 188 cm³/mol. The molecule has 2 heterocycles. The van der Waals surface area contributed by atoms with Crippen molar-refractivity contribution in [3.63, 3.8) is 0 Å². The Labute approximate surface area is 300 Å². The second-order valence-electron chi connectivity index (χ2n) is 13.8. The van der Waals surface area contributed by atoms with Gasteiger partial charge in [-0.2, -0.15) is 4.57 Å². The Balaban J connectivity index is 0.00000461. The molecule has 6 nitrogen and oxygen atoms in total. The maximum Gasteiger partial charge on any atom is 0.282 e. The molecule has 1 aromatic heterocycles. The number of anilines is 2. The third-order valence-corrected chi connectivity index (χ3v) is 9.34. The van der Waals surface area contributed by atoms with Gasteiger partial charge in [0.25, 0.3) is 5.82 Å². The Morgan fingerprint density at radius 3 is 2.04 bits per heavy atom. The van der Waals surface area contributed by atoms with Crippen LogP contribution in [0.15, 0.2) is 88.8 Å². The Morgan fingerprint density at radius 2 is 1.44 bits per heavy atom. The number of pyridine rings is 1. The van der Waals surface area contributed by atoms with E-state index in [0.29, 0.717) is 0 Å². The molecule has 8 heteroatoms. The summed E-state index contributed by atoms with van der Waals surface area (Å²) < 4.78 is 10.2. The number of aromatic nitrogens is 1. The molecule has 0 unspecified atom stereocenters. The van der Waals surface area contributed by atoms with Gasteiger partial charge in [-0.1, -0.05) is 42.1 Å². The quantitative estimate of drug-likeness (QED) is 0.122. The first kappa shape index (κ1) is 35.4. The van der Waals surface area contributed by atoms with Gasteiger partial charge in [0.2, 0.25) is 0 Å². The molecule has 5 rings (SSSR count). The van der Waals surface area contributed by atoms with Gasteiger partial charge in [0.15, 0.2) is 0 Å². The number of quaternary nitrogens is 2. The van der Waals surface area contributed by atoms with Crippen LogP contribution in [0.25, 0.3) is 22.7 Å². The summed E-state index contributed by atoms with van der Waals surface area (Å²) in [5.74, 6) is 2.08. The van der Waals surface area contributed by atoms with Gasteiger partial charge in [-0.05, 0) is 48.0 Å². The van der Waals surface area contributed by atoms with Crippen LogP contribution in [0.1, 0.15) is 18.4 Å². The average molecular weight is 702 g/mol. The number of fused-ring (bicyclic) bond motifs is 2. The van der Waals surface area contributed by atoms with E-state index >= 15 is 0 Å². The van der Waals surface area contributed by atoms with E-state index in [0.717, 1.165) is 64.9 Å². The van der Waals surface area contributed by atoms with Gasteiger partial charge in [-0.15, -0.1) is 0 Å². The Kier molecular flexibility index (Phi) is 11.8. The summed E-state index contributed by atoms with van der Waals surface area (Å²) in [5, 5.41) is 2.43. The van der Waals surface area contributed by atoms with Crippen LogP contribution in [0.2, 0.25) is 0 Å². The monoisotopic (exact) mass is 701 g/mol. The number of methoxy groups -OCH3 is 1. The molecule has 0 aliphatic carbocycles. The molecular formula is C37H50N5OSY+3. The van der Waals surface area contributed by atoms with Crippen LogP contribution < -0.4 is 19.1 Å². The number of thioether (sulfide) groups is 1. The summed E-state index contributed by atoms with van der Waals surface area (Å²) in [7, 11) is 17.6. The number of rotatable bonds is 12. The van der Waals surface area contributed by atoms with Gasteiger partial charge >= 0.3 is 0 Å². The van der Waals surface area contributed by atoms with Crippen molar-refractivity contribution in [2.75, 3.05) is 92.4 Å². The summed E-state index contributed by atoms with van der Waals surface area (Å²) in [5.41, 5.74) is 4.77. The first-order valence-electron chi connectivity index (χ1n) is 15.6. The predicted octanol–water partition coefficient (Wildman–Crippen LogP) is 6.66. The molecule has 0 fully saturated rings. The first-order valence-corrected chi connectivity index (χ1v) is 16.5. The van der Waals surface area contributed by atoms with Crippen LogP contribution in [0.3, 0.4) is 0 Å². The van der Waals surface area contributed by atoms with E-state index in [2.05, 4.69) is 149 Å². The number of benzene rings is 3. The van der Waals surface area contributed by atoms with Crippen molar-refractivity contribution < 1.29 is 51.0 Å². The zero-order chi connectivity index (χ0) is 31.5. The van der Waals surface area contributed by atoms with Crippen LogP contribution in [0.5, 0.6) is 5.75 Å². The molecule has 0 atom stereocenters. The third kappa shape index (κ3) is 8.90. The molecule has 4 aromatic rings. The second kappa shape index (κ2) is 15.0. The number of para-hydroxylation sites is 2. The van der Waals surface area contributed by atoms with Crippen molar-refractivity contribution in [1.29, 1.82) is 0 Å². The van der Waals surface area contributed by atoms with Crippen molar-refractivity contribution in [1.82, 2.24) is 0 Å². The normalized spacial score (nSPS) is 14.0. The van der Waals surface area contributed by atoms with E-state index in [1.807, 2.05) is 11.8 Å². The molecule has 3 aromatic carbocycles. The van der Waals surface area contributed by atoms with Gasteiger partial charge in [0.05, 0.1) is 86.3 Å². The SMILES string of the molecule is COc1ccc2c(C=C3Sc4ccccc4N3C)cc(N(CCC[N+](C)(C)C)CCC[N+](C)(C)C)[n+](-c3ccccc3)c2c1.[Y]. The smallest absolute Gasteiger partial charge is 0.282 e. The molecule has 0 bridgehead atoms. The van der Waals surface area contributed by atoms with Gasteiger partial charge in [0.1, 0.15) is 17.0 Å². The van der Waals surface area contributed by atoms with Crippen molar-refractivity contribution in [2.24, 2.45) is 0 Å². The molecule has 0 amide bonds. The molecule has 1 aliphatic heterocycles. The number of hydrogen-bond donors (Lipinski definition) is 0. The molecule has 0 saturated carbocycles. The standard InChI is InChI=1S/C37H50N5OS.Y/c1-38-33-18-12-13-19-35(33)44-37(38)27-29-26-36(39(22-14-24-41(2,3)4)23-15-25-42(5,6)7)40(30-16-10-9-11-17-30)34-28-31(43-8)20-21-32(29)34;/h9-13,16-21,26-28H,14-15,22-25H2,1-8H3;/q+3;. The summed E-state index contributed by atoms with van der Waals surface area (Å²) >= 11 is 1.84. The van der Waals surface area contributed by atoms with Crippen LogP contribution in [-0.2, 0) is 32.7 Å². The average Bonchev–Trinajstić information content (AvgIpc) is 3.29. The van der Waals surface area contributed by atoms with E-state index in [1.165, 1.54) is 32.4 Å². The van der Waals surface area contributed by atoms with E-state index in [1.54, 1.807) is 7.11 Å². The molecule has 45 heavy (non-hydrogen) atoms. The zero-order valence-corrected chi connectivity index (χ0v) is 32.1. The number of nitrogens with zero attached hydrogens (tertiary/aromatic N) is 5. The third-order valence-electron chi connectivity index (χ3n) is 8.17. The second-order valence-corrected chi connectivity index (χ2v) is 14.9.